The van der Waals surface area contributed by atoms with Crippen molar-refractivity contribution < 1.29 is 5.21 Å². The van der Waals surface area contributed by atoms with Gasteiger partial charge in [0.15, 0.2) is 0 Å². The third-order valence-electron chi connectivity index (χ3n) is 1.62. The number of hydrogen-bond donors (Lipinski definition) is 1. The van der Waals surface area contributed by atoms with E-state index in [2.05, 4.69) is 11.2 Å². The molecule has 0 spiro atoms. The molecule has 1 N–H and O–H groups in total. The summed E-state index contributed by atoms with van der Waals surface area (Å²) in [6, 6.07) is 5.98. The van der Waals surface area contributed by atoms with E-state index in [9.17, 15) is 0 Å². The Balaban J connectivity index is 3.09. The standard InChI is InChI=1S/C9H11NO/c1-7-3-4-9(6-10-11)8(2)5-7/h3-6,11H,1-2H3/b10-6-. The van der Waals surface area contributed by atoms with Crippen LogP contribution in [0, 0.1) is 13.8 Å². The van der Waals surface area contributed by atoms with Crippen molar-refractivity contribution in [1.29, 1.82) is 0 Å². The molecular formula is C9H11NO. The maximum absolute atomic E-state index is 8.28. The summed E-state index contributed by atoms with van der Waals surface area (Å²) in [5, 5.41) is 11.3. The predicted octanol–water partition coefficient (Wildman–Crippen LogP) is 2.11. The van der Waals surface area contributed by atoms with Crippen LogP contribution in [-0.4, -0.2) is 11.4 Å². The predicted molar refractivity (Wildman–Crippen MR) is 45.3 cm³/mol. The summed E-state index contributed by atoms with van der Waals surface area (Å²) in [5.74, 6) is 0. The van der Waals surface area contributed by atoms with E-state index < -0.39 is 0 Å². The van der Waals surface area contributed by atoms with Gasteiger partial charge < -0.3 is 5.21 Å². The highest BCUT2D eigenvalue weighted by molar-refractivity contribution is 5.81. The second-order valence-electron chi connectivity index (χ2n) is 2.60. The Morgan fingerprint density at radius 1 is 1.36 bits per heavy atom. The smallest absolute Gasteiger partial charge is 0.0736 e. The molecule has 58 valence electrons. The summed E-state index contributed by atoms with van der Waals surface area (Å²) >= 11 is 0. The van der Waals surface area contributed by atoms with Crippen molar-refractivity contribution in [3.8, 4) is 0 Å². The summed E-state index contributed by atoms with van der Waals surface area (Å²) in [7, 11) is 0. The van der Waals surface area contributed by atoms with Crippen molar-refractivity contribution in [3.05, 3.63) is 34.9 Å². The molecule has 1 rings (SSSR count). The summed E-state index contributed by atoms with van der Waals surface area (Å²) in [5.41, 5.74) is 3.30. The van der Waals surface area contributed by atoms with Gasteiger partial charge in [-0.15, -0.1) is 0 Å². The van der Waals surface area contributed by atoms with Crippen LogP contribution < -0.4 is 0 Å². The highest BCUT2D eigenvalue weighted by atomic mass is 16.4. The van der Waals surface area contributed by atoms with Crippen LogP contribution >= 0.6 is 0 Å². The fraction of sp³-hybridized carbons (Fsp3) is 0.222. The van der Waals surface area contributed by atoms with Crippen molar-refractivity contribution in [2.24, 2.45) is 5.16 Å². The lowest BCUT2D eigenvalue weighted by atomic mass is 10.1. The van der Waals surface area contributed by atoms with Crippen LogP contribution in [0.25, 0.3) is 0 Å². The first-order valence-corrected chi connectivity index (χ1v) is 3.48. The Labute approximate surface area is 66.2 Å². The van der Waals surface area contributed by atoms with Crippen molar-refractivity contribution in [1.82, 2.24) is 0 Å². The molecule has 0 heterocycles. The Morgan fingerprint density at radius 3 is 2.64 bits per heavy atom. The highest BCUT2D eigenvalue weighted by Crippen LogP contribution is 2.07. The zero-order valence-electron chi connectivity index (χ0n) is 6.70. The van der Waals surface area contributed by atoms with E-state index in [4.69, 9.17) is 5.21 Å². The van der Waals surface area contributed by atoms with Gasteiger partial charge in [0.1, 0.15) is 0 Å². The van der Waals surface area contributed by atoms with Gasteiger partial charge >= 0.3 is 0 Å². The molecule has 0 saturated carbocycles. The zero-order chi connectivity index (χ0) is 8.27. The van der Waals surface area contributed by atoms with E-state index in [-0.39, 0.29) is 0 Å². The lowest BCUT2D eigenvalue weighted by Crippen LogP contribution is -1.87. The minimum Gasteiger partial charge on any atom is -0.411 e. The molecule has 0 fully saturated rings. The van der Waals surface area contributed by atoms with E-state index in [0.717, 1.165) is 11.1 Å². The third kappa shape index (κ3) is 1.80. The van der Waals surface area contributed by atoms with Crippen molar-refractivity contribution >= 4 is 6.21 Å². The van der Waals surface area contributed by atoms with Crippen LogP contribution in [0.5, 0.6) is 0 Å². The molecule has 2 heteroatoms. The fourth-order valence-corrected chi connectivity index (χ4v) is 1.03. The Morgan fingerprint density at radius 2 is 2.09 bits per heavy atom. The topological polar surface area (TPSA) is 32.6 Å². The molecule has 1 aromatic rings. The van der Waals surface area contributed by atoms with Gasteiger partial charge in [-0.2, -0.15) is 0 Å². The van der Waals surface area contributed by atoms with E-state index in [1.165, 1.54) is 11.8 Å². The number of hydrogen-bond acceptors (Lipinski definition) is 2. The first kappa shape index (κ1) is 7.79. The van der Waals surface area contributed by atoms with Crippen molar-refractivity contribution in [2.75, 3.05) is 0 Å². The van der Waals surface area contributed by atoms with Gasteiger partial charge in [-0.3, -0.25) is 0 Å². The van der Waals surface area contributed by atoms with Gasteiger partial charge in [0.25, 0.3) is 0 Å². The number of nitrogens with zero attached hydrogens (tertiary/aromatic N) is 1. The molecule has 0 radical (unpaired) electrons. The summed E-state index contributed by atoms with van der Waals surface area (Å²) in [6.45, 7) is 4.02. The van der Waals surface area contributed by atoms with Crippen LogP contribution in [0.4, 0.5) is 0 Å². The average Bonchev–Trinajstić information content (AvgIpc) is 1.95. The molecule has 0 aliphatic carbocycles. The Bertz CT molecular complexity index is 279. The van der Waals surface area contributed by atoms with Crippen molar-refractivity contribution in [2.45, 2.75) is 13.8 Å². The monoisotopic (exact) mass is 149 g/mol. The third-order valence-corrected chi connectivity index (χ3v) is 1.62. The normalized spacial score (nSPS) is 10.7. The first-order valence-electron chi connectivity index (χ1n) is 3.48. The highest BCUT2D eigenvalue weighted by Gasteiger charge is 1.93. The Kier molecular flexibility index (Phi) is 2.26. The minimum atomic E-state index is 0.957. The van der Waals surface area contributed by atoms with E-state index in [0.29, 0.717) is 0 Å². The summed E-state index contributed by atoms with van der Waals surface area (Å²) < 4.78 is 0. The van der Waals surface area contributed by atoms with Crippen LogP contribution in [0.3, 0.4) is 0 Å². The van der Waals surface area contributed by atoms with Gasteiger partial charge in [0.05, 0.1) is 6.21 Å². The van der Waals surface area contributed by atoms with Crippen molar-refractivity contribution in [3.63, 3.8) is 0 Å². The van der Waals surface area contributed by atoms with Crippen LogP contribution in [0.2, 0.25) is 0 Å². The number of aryl methyl sites for hydroxylation is 2. The molecule has 0 unspecified atom stereocenters. The number of benzene rings is 1. The maximum atomic E-state index is 8.28. The second kappa shape index (κ2) is 3.19. The molecule has 0 atom stereocenters. The summed E-state index contributed by atoms with van der Waals surface area (Å²) in [4.78, 5) is 0. The average molecular weight is 149 g/mol. The lowest BCUT2D eigenvalue weighted by molar-refractivity contribution is 0.322. The lowest BCUT2D eigenvalue weighted by Gasteiger charge is -1.99. The minimum absolute atomic E-state index is 0.957. The SMILES string of the molecule is Cc1ccc(/C=N\O)c(C)c1. The molecule has 11 heavy (non-hydrogen) atoms. The van der Waals surface area contributed by atoms with Gasteiger partial charge in [-0.05, 0) is 25.0 Å². The molecule has 0 saturated heterocycles. The zero-order valence-corrected chi connectivity index (χ0v) is 6.70. The van der Waals surface area contributed by atoms with Gasteiger partial charge in [0.2, 0.25) is 0 Å². The fourth-order valence-electron chi connectivity index (χ4n) is 1.03. The van der Waals surface area contributed by atoms with E-state index in [1.807, 2.05) is 26.0 Å². The quantitative estimate of drug-likeness (QED) is 0.370. The molecular weight excluding hydrogens is 138 g/mol. The Hall–Kier alpha value is -1.31. The second-order valence-corrected chi connectivity index (χ2v) is 2.60. The largest absolute Gasteiger partial charge is 0.411 e. The molecule has 0 aliphatic rings. The maximum Gasteiger partial charge on any atom is 0.0736 e. The first-order chi connectivity index (χ1) is 5.24. The van der Waals surface area contributed by atoms with Gasteiger partial charge in [-0.25, -0.2) is 0 Å². The molecule has 0 amide bonds. The van der Waals surface area contributed by atoms with E-state index >= 15 is 0 Å². The van der Waals surface area contributed by atoms with Gasteiger partial charge in [0, 0.05) is 0 Å². The molecule has 0 bridgehead atoms. The van der Waals surface area contributed by atoms with Crippen LogP contribution in [-0.2, 0) is 0 Å². The molecule has 0 aliphatic heterocycles. The molecule has 1 aromatic carbocycles. The van der Waals surface area contributed by atoms with Gasteiger partial charge in [-0.1, -0.05) is 28.9 Å². The summed E-state index contributed by atoms with van der Waals surface area (Å²) in [6.07, 6.45) is 1.44. The van der Waals surface area contributed by atoms with Crippen LogP contribution in [0.1, 0.15) is 16.7 Å². The number of rotatable bonds is 1. The van der Waals surface area contributed by atoms with Crippen LogP contribution in [0.15, 0.2) is 23.4 Å². The van der Waals surface area contributed by atoms with E-state index in [1.54, 1.807) is 0 Å². The molecule has 0 aromatic heterocycles. The molecule has 2 nitrogen and oxygen atoms in total. The number of oxime groups is 1.